The van der Waals surface area contributed by atoms with E-state index in [1.807, 2.05) is 26.2 Å². The van der Waals surface area contributed by atoms with Gasteiger partial charge in [0.15, 0.2) is 5.75 Å². The van der Waals surface area contributed by atoms with Gasteiger partial charge in [-0.1, -0.05) is 0 Å². The van der Waals surface area contributed by atoms with Crippen LogP contribution in [0.5, 0.6) is 5.75 Å². The third-order valence-electron chi connectivity index (χ3n) is 2.89. The second-order valence-electron chi connectivity index (χ2n) is 4.71. The van der Waals surface area contributed by atoms with Gasteiger partial charge in [-0.3, -0.25) is 4.68 Å². The molecule has 6 heteroatoms. The Balaban J connectivity index is 2.26. The molecule has 19 heavy (non-hydrogen) atoms. The lowest BCUT2D eigenvalue weighted by molar-refractivity contribution is 0.159. The molecule has 0 spiro atoms. The molecule has 0 aliphatic carbocycles. The van der Waals surface area contributed by atoms with Crippen LogP contribution >= 0.6 is 11.3 Å². The van der Waals surface area contributed by atoms with E-state index >= 15 is 0 Å². The second-order valence-corrected chi connectivity index (χ2v) is 5.78. The molecule has 1 unspecified atom stereocenters. The van der Waals surface area contributed by atoms with Gasteiger partial charge < -0.3 is 9.84 Å². The Hall–Kier alpha value is -1.40. The minimum Gasteiger partial charge on any atom is -0.493 e. The van der Waals surface area contributed by atoms with Crippen molar-refractivity contribution < 1.29 is 9.84 Å². The van der Waals surface area contributed by atoms with Gasteiger partial charge in [-0.05, 0) is 20.8 Å². The van der Waals surface area contributed by atoms with Crippen molar-refractivity contribution in [2.75, 3.05) is 7.11 Å². The van der Waals surface area contributed by atoms with E-state index in [0.29, 0.717) is 17.9 Å². The molecular weight excluding hydrogens is 262 g/mol. The highest BCUT2D eigenvalue weighted by molar-refractivity contribution is 7.09. The molecule has 0 fully saturated rings. The van der Waals surface area contributed by atoms with E-state index in [1.54, 1.807) is 29.3 Å². The molecule has 0 amide bonds. The summed E-state index contributed by atoms with van der Waals surface area (Å²) in [7, 11) is 1.59. The molecule has 0 aliphatic rings. The molecule has 2 aromatic heterocycles. The third kappa shape index (κ3) is 2.96. The number of aliphatic hydroxyl groups is 1. The summed E-state index contributed by atoms with van der Waals surface area (Å²) in [5.41, 5.74) is 1.61. The maximum Gasteiger partial charge on any atom is 0.162 e. The van der Waals surface area contributed by atoms with Crippen LogP contribution < -0.4 is 4.74 Å². The Morgan fingerprint density at radius 1 is 1.47 bits per heavy atom. The largest absolute Gasteiger partial charge is 0.493 e. The van der Waals surface area contributed by atoms with E-state index in [4.69, 9.17) is 4.74 Å². The molecular formula is C13H19N3O2S. The lowest BCUT2D eigenvalue weighted by Gasteiger charge is -2.16. The quantitative estimate of drug-likeness (QED) is 0.915. The number of thiazole rings is 1. The predicted molar refractivity (Wildman–Crippen MR) is 74.7 cm³/mol. The van der Waals surface area contributed by atoms with Gasteiger partial charge in [-0.15, -0.1) is 11.3 Å². The van der Waals surface area contributed by atoms with Gasteiger partial charge in [-0.25, -0.2) is 4.98 Å². The molecule has 5 nitrogen and oxygen atoms in total. The highest BCUT2D eigenvalue weighted by Gasteiger charge is 2.22. The summed E-state index contributed by atoms with van der Waals surface area (Å²) in [6.45, 7) is 6.00. The van der Waals surface area contributed by atoms with E-state index in [2.05, 4.69) is 10.1 Å². The van der Waals surface area contributed by atoms with E-state index in [0.717, 1.165) is 10.7 Å². The van der Waals surface area contributed by atoms with Crippen molar-refractivity contribution in [2.45, 2.75) is 39.3 Å². The van der Waals surface area contributed by atoms with Gasteiger partial charge >= 0.3 is 0 Å². The number of hydrogen-bond acceptors (Lipinski definition) is 5. The van der Waals surface area contributed by atoms with Crippen molar-refractivity contribution in [3.63, 3.8) is 0 Å². The van der Waals surface area contributed by atoms with Crippen molar-refractivity contribution in [1.82, 2.24) is 14.8 Å². The maximum absolute atomic E-state index is 10.4. The van der Waals surface area contributed by atoms with Crippen LogP contribution in [0.1, 0.15) is 42.4 Å². The Kier molecular flexibility index (Phi) is 4.21. The Morgan fingerprint density at radius 2 is 2.21 bits per heavy atom. The zero-order valence-corrected chi connectivity index (χ0v) is 12.4. The Labute approximate surface area is 116 Å². The fourth-order valence-electron chi connectivity index (χ4n) is 2.04. The third-order valence-corrected chi connectivity index (χ3v) is 3.71. The number of aryl methyl sites for hydroxylation is 1. The lowest BCUT2D eigenvalue weighted by atomic mass is 10.1. The smallest absolute Gasteiger partial charge is 0.162 e. The van der Waals surface area contributed by atoms with Crippen LogP contribution in [0.4, 0.5) is 0 Å². The van der Waals surface area contributed by atoms with Crippen LogP contribution in [0.25, 0.3) is 0 Å². The predicted octanol–water partition coefficient (Wildman–Crippen LogP) is 2.51. The van der Waals surface area contributed by atoms with Crippen LogP contribution in [-0.4, -0.2) is 27.0 Å². The fraction of sp³-hybridized carbons (Fsp3) is 0.538. The van der Waals surface area contributed by atoms with Crippen molar-refractivity contribution >= 4 is 11.3 Å². The highest BCUT2D eigenvalue weighted by Crippen LogP contribution is 2.29. The van der Waals surface area contributed by atoms with Crippen LogP contribution in [0, 0.1) is 6.92 Å². The van der Waals surface area contributed by atoms with E-state index in [1.165, 1.54) is 0 Å². The number of aromatic nitrogens is 3. The first kappa shape index (κ1) is 14.0. The molecule has 0 aliphatic heterocycles. The van der Waals surface area contributed by atoms with Gasteiger partial charge in [0.05, 0.1) is 24.0 Å². The summed E-state index contributed by atoms with van der Waals surface area (Å²) in [6, 6.07) is 0.172. The summed E-state index contributed by atoms with van der Waals surface area (Å²) in [6.07, 6.45) is 1.45. The minimum absolute atomic E-state index is 0.172. The normalized spacial score (nSPS) is 12.9. The van der Waals surface area contributed by atoms with Gasteiger partial charge in [0.25, 0.3) is 0 Å². The molecule has 2 rings (SSSR count). The first-order chi connectivity index (χ1) is 9.02. The van der Waals surface area contributed by atoms with Crippen LogP contribution in [0.15, 0.2) is 11.6 Å². The SMILES string of the molecule is COc1cnn(C(C)C)c1C(O)Cc1csc(C)n1. The van der Waals surface area contributed by atoms with Crippen LogP contribution in [0.3, 0.4) is 0 Å². The van der Waals surface area contributed by atoms with Crippen molar-refractivity contribution in [1.29, 1.82) is 0 Å². The number of methoxy groups -OCH3 is 1. The maximum atomic E-state index is 10.4. The van der Waals surface area contributed by atoms with Gasteiger partial charge in [-0.2, -0.15) is 5.10 Å². The molecule has 2 aromatic rings. The summed E-state index contributed by atoms with van der Waals surface area (Å²) < 4.78 is 7.07. The fourth-order valence-corrected chi connectivity index (χ4v) is 2.66. The first-order valence-electron chi connectivity index (χ1n) is 6.23. The molecule has 104 valence electrons. The van der Waals surface area contributed by atoms with Gasteiger partial charge in [0.1, 0.15) is 11.8 Å². The molecule has 0 radical (unpaired) electrons. The number of rotatable bonds is 5. The van der Waals surface area contributed by atoms with Crippen LogP contribution in [0.2, 0.25) is 0 Å². The van der Waals surface area contributed by atoms with Crippen molar-refractivity contribution in [2.24, 2.45) is 0 Å². The molecule has 0 aromatic carbocycles. The lowest BCUT2D eigenvalue weighted by Crippen LogP contribution is -2.14. The molecule has 1 atom stereocenters. The average Bonchev–Trinajstić information content (AvgIpc) is 2.94. The van der Waals surface area contributed by atoms with Crippen molar-refractivity contribution in [3.8, 4) is 5.75 Å². The molecule has 0 saturated carbocycles. The summed E-state index contributed by atoms with van der Waals surface area (Å²) in [5.74, 6) is 0.619. The molecule has 0 bridgehead atoms. The van der Waals surface area contributed by atoms with Crippen LogP contribution in [-0.2, 0) is 6.42 Å². The summed E-state index contributed by atoms with van der Waals surface area (Å²) in [5, 5.41) is 17.7. The summed E-state index contributed by atoms with van der Waals surface area (Å²) >= 11 is 1.59. The van der Waals surface area contributed by atoms with Crippen molar-refractivity contribution in [3.05, 3.63) is 28.0 Å². The van der Waals surface area contributed by atoms with Gasteiger partial charge in [0, 0.05) is 17.8 Å². The molecule has 1 N–H and O–H groups in total. The first-order valence-corrected chi connectivity index (χ1v) is 7.11. The number of ether oxygens (including phenoxy) is 1. The van der Waals surface area contributed by atoms with E-state index in [-0.39, 0.29) is 6.04 Å². The summed E-state index contributed by atoms with van der Waals surface area (Å²) in [4.78, 5) is 4.38. The monoisotopic (exact) mass is 281 g/mol. The highest BCUT2D eigenvalue weighted by atomic mass is 32.1. The number of nitrogens with zero attached hydrogens (tertiary/aromatic N) is 3. The minimum atomic E-state index is -0.665. The Bertz CT molecular complexity index is 548. The van der Waals surface area contributed by atoms with Gasteiger partial charge in [0.2, 0.25) is 0 Å². The Morgan fingerprint density at radius 3 is 2.74 bits per heavy atom. The van der Waals surface area contributed by atoms with E-state index < -0.39 is 6.10 Å². The standard InChI is InChI=1S/C13H19N3O2S/c1-8(2)16-13(12(18-4)6-14-16)11(17)5-10-7-19-9(3)15-10/h6-8,11,17H,5H2,1-4H3. The van der Waals surface area contributed by atoms with E-state index in [9.17, 15) is 5.11 Å². The number of aliphatic hydroxyl groups excluding tert-OH is 1. The number of hydrogen-bond donors (Lipinski definition) is 1. The molecule has 2 heterocycles. The average molecular weight is 281 g/mol. The zero-order valence-electron chi connectivity index (χ0n) is 11.6. The molecule has 0 saturated heterocycles. The second kappa shape index (κ2) is 5.71. The topological polar surface area (TPSA) is 60.2 Å². The zero-order chi connectivity index (χ0) is 14.0.